The first-order chi connectivity index (χ1) is 11.7. The molecule has 0 aliphatic heterocycles. The zero-order chi connectivity index (χ0) is 18.8. The number of nitrogens with zero attached hydrogens (tertiary/aromatic N) is 1. The lowest BCUT2D eigenvalue weighted by atomic mass is 10.2. The van der Waals surface area contributed by atoms with E-state index in [9.17, 15) is 18.0 Å². The molecule has 9 heteroatoms. The van der Waals surface area contributed by atoms with Gasteiger partial charge in [0.2, 0.25) is 0 Å². The quantitative estimate of drug-likeness (QED) is 0.793. The minimum Gasteiger partial charge on any atom is -0.477 e. The Morgan fingerprint density at radius 3 is 2.36 bits per heavy atom. The van der Waals surface area contributed by atoms with Crippen molar-refractivity contribution in [3.63, 3.8) is 0 Å². The summed E-state index contributed by atoms with van der Waals surface area (Å²) in [5, 5.41) is 12.3. The topological polar surface area (TPSA) is 113 Å². The summed E-state index contributed by atoms with van der Waals surface area (Å²) < 4.78 is 23.6. The summed E-state index contributed by atoms with van der Waals surface area (Å²) in [7, 11) is -3.31. The Labute approximate surface area is 149 Å². The number of carboxylic acids is 1. The number of thiazole rings is 1. The molecule has 134 valence electrons. The molecule has 0 aliphatic carbocycles. The van der Waals surface area contributed by atoms with Gasteiger partial charge in [-0.1, -0.05) is 6.92 Å². The van der Waals surface area contributed by atoms with E-state index in [1.807, 2.05) is 0 Å². The molecular formula is C16H18N2O5S2. The average Bonchev–Trinajstić information content (AvgIpc) is 2.97. The Morgan fingerprint density at radius 1 is 1.28 bits per heavy atom. The summed E-state index contributed by atoms with van der Waals surface area (Å²) in [5.41, 5.74) is 0.719. The van der Waals surface area contributed by atoms with Crippen LogP contribution in [0.15, 0.2) is 29.2 Å². The number of benzene rings is 1. The van der Waals surface area contributed by atoms with Gasteiger partial charge in [-0.3, -0.25) is 4.79 Å². The molecule has 0 aliphatic rings. The van der Waals surface area contributed by atoms with Crippen LogP contribution in [-0.4, -0.2) is 36.1 Å². The Hall–Kier alpha value is -2.26. The normalized spacial score (nSPS) is 12.6. The Bertz CT molecular complexity index is 901. The predicted molar refractivity (Wildman–Crippen MR) is 93.9 cm³/mol. The second-order valence-electron chi connectivity index (χ2n) is 5.39. The van der Waals surface area contributed by atoms with Crippen molar-refractivity contribution in [3.05, 3.63) is 45.4 Å². The Balaban J connectivity index is 2.14. The molecule has 1 unspecified atom stereocenters. The summed E-state index contributed by atoms with van der Waals surface area (Å²) >= 11 is 1.02. The lowest BCUT2D eigenvalue weighted by Gasteiger charge is -2.11. The van der Waals surface area contributed by atoms with Crippen molar-refractivity contribution in [1.29, 1.82) is 0 Å². The molecule has 2 N–H and O–H groups in total. The molecule has 0 spiro atoms. The number of carbonyl (C=O) groups is 2. The Kier molecular flexibility index (Phi) is 5.58. The van der Waals surface area contributed by atoms with E-state index in [0.717, 1.165) is 11.3 Å². The van der Waals surface area contributed by atoms with Gasteiger partial charge in [0.05, 0.1) is 22.4 Å². The number of carboxylic acid groups (broad SMARTS) is 1. The number of carbonyl (C=O) groups excluding carboxylic acids is 1. The van der Waals surface area contributed by atoms with E-state index in [0.29, 0.717) is 16.3 Å². The molecule has 1 aromatic heterocycles. The van der Waals surface area contributed by atoms with E-state index in [2.05, 4.69) is 10.3 Å². The van der Waals surface area contributed by atoms with Gasteiger partial charge >= 0.3 is 5.97 Å². The number of hydrogen-bond acceptors (Lipinski definition) is 6. The second kappa shape index (κ2) is 7.32. The third-order valence-electron chi connectivity index (χ3n) is 3.58. The van der Waals surface area contributed by atoms with Gasteiger partial charge in [-0.25, -0.2) is 18.2 Å². The zero-order valence-electron chi connectivity index (χ0n) is 13.9. The van der Waals surface area contributed by atoms with E-state index in [1.165, 1.54) is 24.3 Å². The number of hydrogen-bond donors (Lipinski definition) is 2. The summed E-state index contributed by atoms with van der Waals surface area (Å²) in [6.07, 6.45) is 0. The highest BCUT2D eigenvalue weighted by Gasteiger charge is 2.20. The Morgan fingerprint density at radius 2 is 1.88 bits per heavy atom. The van der Waals surface area contributed by atoms with E-state index >= 15 is 0 Å². The number of aromatic nitrogens is 1. The number of aryl methyl sites for hydroxylation is 1. The van der Waals surface area contributed by atoms with E-state index in [4.69, 9.17) is 5.11 Å². The fourth-order valence-electron chi connectivity index (χ4n) is 2.12. The van der Waals surface area contributed by atoms with Crippen LogP contribution < -0.4 is 5.32 Å². The van der Waals surface area contributed by atoms with Crippen LogP contribution in [0.5, 0.6) is 0 Å². The van der Waals surface area contributed by atoms with Crippen molar-refractivity contribution in [2.45, 2.75) is 31.7 Å². The first kappa shape index (κ1) is 19.1. The molecule has 0 radical (unpaired) electrons. The predicted octanol–water partition coefficient (Wildman–Crippen LogP) is 2.43. The maximum atomic E-state index is 12.3. The maximum absolute atomic E-state index is 12.3. The van der Waals surface area contributed by atoms with Gasteiger partial charge in [-0.2, -0.15) is 0 Å². The monoisotopic (exact) mass is 382 g/mol. The first-order valence-corrected chi connectivity index (χ1v) is 9.97. The molecule has 2 rings (SSSR count). The molecule has 25 heavy (non-hydrogen) atoms. The van der Waals surface area contributed by atoms with Crippen LogP contribution in [0.1, 0.15) is 50.6 Å². The van der Waals surface area contributed by atoms with Crippen LogP contribution in [0.3, 0.4) is 0 Å². The molecule has 0 fully saturated rings. The number of rotatable bonds is 6. The zero-order valence-corrected chi connectivity index (χ0v) is 15.6. The van der Waals surface area contributed by atoms with Crippen molar-refractivity contribution in [1.82, 2.24) is 10.3 Å². The molecule has 1 atom stereocenters. The molecule has 2 aromatic rings. The summed E-state index contributed by atoms with van der Waals surface area (Å²) in [4.78, 5) is 27.8. The van der Waals surface area contributed by atoms with Crippen molar-refractivity contribution in [2.24, 2.45) is 0 Å². The minimum atomic E-state index is -3.31. The number of amides is 1. The van der Waals surface area contributed by atoms with Gasteiger partial charge in [0.15, 0.2) is 9.84 Å². The minimum absolute atomic E-state index is 0.00904. The van der Waals surface area contributed by atoms with Gasteiger partial charge in [0, 0.05) is 5.56 Å². The lowest BCUT2D eigenvalue weighted by molar-refractivity contribution is 0.0700. The highest BCUT2D eigenvalue weighted by molar-refractivity contribution is 7.91. The third kappa shape index (κ3) is 4.23. The smallest absolute Gasteiger partial charge is 0.347 e. The molecule has 0 bridgehead atoms. The molecular weight excluding hydrogens is 364 g/mol. The van der Waals surface area contributed by atoms with Gasteiger partial charge in [0.1, 0.15) is 9.88 Å². The van der Waals surface area contributed by atoms with Crippen LogP contribution in [0.4, 0.5) is 0 Å². The molecule has 1 aromatic carbocycles. The van der Waals surface area contributed by atoms with Crippen LogP contribution in [0.2, 0.25) is 0 Å². The number of sulfone groups is 1. The van der Waals surface area contributed by atoms with E-state index in [1.54, 1.807) is 20.8 Å². The SMILES string of the molecule is CCS(=O)(=O)c1ccc(C(=O)NC(C)c2nc(C)c(C(=O)O)s2)cc1. The summed E-state index contributed by atoms with van der Waals surface area (Å²) in [5.74, 6) is -1.45. The van der Waals surface area contributed by atoms with Crippen molar-refractivity contribution >= 4 is 33.1 Å². The molecule has 1 heterocycles. The van der Waals surface area contributed by atoms with Gasteiger partial charge in [0.25, 0.3) is 5.91 Å². The number of nitrogens with one attached hydrogen (secondary N) is 1. The largest absolute Gasteiger partial charge is 0.477 e. The van der Waals surface area contributed by atoms with Crippen molar-refractivity contribution < 1.29 is 23.1 Å². The van der Waals surface area contributed by atoms with Crippen molar-refractivity contribution in [3.8, 4) is 0 Å². The van der Waals surface area contributed by atoms with Crippen LogP contribution >= 0.6 is 11.3 Å². The maximum Gasteiger partial charge on any atom is 0.347 e. The van der Waals surface area contributed by atoms with Crippen LogP contribution in [0, 0.1) is 6.92 Å². The number of aromatic carboxylic acids is 1. The fourth-order valence-corrected chi connectivity index (χ4v) is 3.92. The third-order valence-corrected chi connectivity index (χ3v) is 6.66. The molecule has 0 saturated heterocycles. The highest BCUT2D eigenvalue weighted by atomic mass is 32.2. The average molecular weight is 382 g/mol. The lowest BCUT2D eigenvalue weighted by Crippen LogP contribution is -2.26. The van der Waals surface area contributed by atoms with Gasteiger partial charge in [-0.05, 0) is 38.1 Å². The first-order valence-electron chi connectivity index (χ1n) is 7.50. The summed E-state index contributed by atoms with van der Waals surface area (Å²) in [6, 6.07) is 5.22. The van der Waals surface area contributed by atoms with Gasteiger partial charge < -0.3 is 10.4 Å². The molecule has 7 nitrogen and oxygen atoms in total. The summed E-state index contributed by atoms with van der Waals surface area (Å²) in [6.45, 7) is 4.86. The molecule has 0 saturated carbocycles. The standard InChI is InChI=1S/C16H18N2O5S2/c1-4-25(22,23)12-7-5-11(6-8-12)14(19)17-10(3)15-18-9(2)13(24-15)16(20)21/h5-8,10H,4H2,1-3H3,(H,17,19)(H,20,21). The van der Waals surface area contributed by atoms with E-state index in [-0.39, 0.29) is 15.5 Å². The van der Waals surface area contributed by atoms with Crippen LogP contribution in [-0.2, 0) is 9.84 Å². The van der Waals surface area contributed by atoms with Gasteiger partial charge in [-0.15, -0.1) is 11.3 Å². The molecule has 1 amide bonds. The van der Waals surface area contributed by atoms with E-state index < -0.39 is 27.8 Å². The van der Waals surface area contributed by atoms with Crippen LogP contribution in [0.25, 0.3) is 0 Å². The van der Waals surface area contributed by atoms with Crippen molar-refractivity contribution in [2.75, 3.05) is 5.75 Å². The second-order valence-corrected chi connectivity index (χ2v) is 8.70. The fraction of sp³-hybridized carbons (Fsp3) is 0.312. The highest BCUT2D eigenvalue weighted by Crippen LogP contribution is 2.24.